The third kappa shape index (κ3) is 5.99. The Kier molecular flexibility index (Phi) is 7.04. The van der Waals surface area contributed by atoms with E-state index in [1.54, 1.807) is 11.8 Å². The van der Waals surface area contributed by atoms with Gasteiger partial charge in [-0.1, -0.05) is 74.9 Å². The maximum absolute atomic E-state index is 12.7. The number of carbonyl (C=O) groups excluding carboxylic acids is 1. The summed E-state index contributed by atoms with van der Waals surface area (Å²) in [4.78, 5) is 13.9. The fraction of sp³-hybridized carbons (Fsp3) is 0.296. The van der Waals surface area contributed by atoms with Crippen molar-refractivity contribution in [2.45, 2.75) is 56.7 Å². The minimum atomic E-state index is -0.0415. The standard InChI is InChI=1S/C27H31NOS/c1-19-6-16-25(17-7-19)30-18-21-8-10-23(11-9-21)26(29)28-20(2)22-12-14-24(15-13-22)27(3,4)5/h6-17,20H,18H2,1-5H3,(H,28,29)/t20-/m0/s1. The molecule has 1 N–H and O–H groups in total. The molecule has 3 aromatic carbocycles. The van der Waals surface area contributed by atoms with Gasteiger partial charge in [-0.05, 0) is 60.2 Å². The van der Waals surface area contributed by atoms with E-state index < -0.39 is 0 Å². The van der Waals surface area contributed by atoms with Gasteiger partial charge in [0.1, 0.15) is 0 Å². The van der Waals surface area contributed by atoms with Crippen molar-refractivity contribution in [3.05, 3.63) is 101 Å². The predicted molar refractivity (Wildman–Crippen MR) is 128 cm³/mol. The zero-order valence-corrected chi connectivity index (χ0v) is 19.3. The molecule has 0 fully saturated rings. The molecule has 0 saturated heterocycles. The second kappa shape index (κ2) is 9.53. The normalized spacial score (nSPS) is 12.4. The number of hydrogen-bond acceptors (Lipinski definition) is 2. The van der Waals surface area contributed by atoms with E-state index in [4.69, 9.17) is 0 Å². The average molecular weight is 418 g/mol. The van der Waals surface area contributed by atoms with Crippen molar-refractivity contribution in [1.82, 2.24) is 5.32 Å². The van der Waals surface area contributed by atoms with Gasteiger partial charge < -0.3 is 5.32 Å². The van der Waals surface area contributed by atoms with Crippen LogP contribution in [0.15, 0.2) is 77.7 Å². The van der Waals surface area contributed by atoms with Crippen molar-refractivity contribution >= 4 is 17.7 Å². The lowest BCUT2D eigenvalue weighted by Gasteiger charge is -2.20. The van der Waals surface area contributed by atoms with E-state index in [9.17, 15) is 4.79 Å². The number of carbonyl (C=O) groups is 1. The van der Waals surface area contributed by atoms with Gasteiger partial charge in [0, 0.05) is 16.2 Å². The van der Waals surface area contributed by atoms with Crippen molar-refractivity contribution in [2.24, 2.45) is 0 Å². The minimum absolute atomic E-state index is 0.0386. The van der Waals surface area contributed by atoms with Gasteiger partial charge in [-0.25, -0.2) is 0 Å². The smallest absolute Gasteiger partial charge is 0.251 e. The summed E-state index contributed by atoms with van der Waals surface area (Å²) >= 11 is 1.81. The average Bonchev–Trinajstić information content (AvgIpc) is 2.73. The molecule has 3 aromatic rings. The monoisotopic (exact) mass is 417 g/mol. The molecule has 1 amide bonds. The lowest BCUT2D eigenvalue weighted by atomic mass is 9.86. The highest BCUT2D eigenvalue weighted by Crippen LogP contribution is 2.25. The van der Waals surface area contributed by atoms with Gasteiger partial charge in [-0.3, -0.25) is 4.79 Å². The summed E-state index contributed by atoms with van der Waals surface area (Å²) in [6.45, 7) is 10.7. The molecular formula is C27H31NOS. The molecule has 0 spiro atoms. The lowest BCUT2D eigenvalue weighted by Crippen LogP contribution is -2.26. The van der Waals surface area contributed by atoms with Gasteiger partial charge in [0.05, 0.1) is 6.04 Å². The van der Waals surface area contributed by atoms with E-state index in [0.29, 0.717) is 5.56 Å². The van der Waals surface area contributed by atoms with Crippen LogP contribution in [0, 0.1) is 6.92 Å². The highest BCUT2D eigenvalue weighted by atomic mass is 32.2. The van der Waals surface area contributed by atoms with E-state index in [2.05, 4.69) is 81.5 Å². The van der Waals surface area contributed by atoms with Crippen LogP contribution in [0.5, 0.6) is 0 Å². The SMILES string of the molecule is Cc1ccc(SCc2ccc(C(=O)N[C@@H](C)c3ccc(C(C)(C)C)cc3)cc2)cc1. The van der Waals surface area contributed by atoms with Crippen LogP contribution in [0.2, 0.25) is 0 Å². The summed E-state index contributed by atoms with van der Waals surface area (Å²) in [6, 6.07) is 25.0. The van der Waals surface area contributed by atoms with Gasteiger partial charge in [-0.2, -0.15) is 0 Å². The first-order valence-corrected chi connectivity index (χ1v) is 11.4. The summed E-state index contributed by atoms with van der Waals surface area (Å²) in [5.74, 6) is 0.849. The molecule has 0 aliphatic carbocycles. The number of hydrogen-bond donors (Lipinski definition) is 1. The van der Waals surface area contributed by atoms with Crippen LogP contribution in [0.3, 0.4) is 0 Å². The highest BCUT2D eigenvalue weighted by Gasteiger charge is 2.15. The molecule has 3 rings (SSSR count). The lowest BCUT2D eigenvalue weighted by molar-refractivity contribution is 0.0940. The summed E-state index contributed by atoms with van der Waals surface area (Å²) in [6.07, 6.45) is 0. The number of amides is 1. The molecule has 0 aromatic heterocycles. The number of aryl methyl sites for hydroxylation is 1. The van der Waals surface area contributed by atoms with Crippen molar-refractivity contribution in [1.29, 1.82) is 0 Å². The van der Waals surface area contributed by atoms with Crippen LogP contribution in [0.4, 0.5) is 0 Å². The molecule has 0 aliphatic rings. The fourth-order valence-corrected chi connectivity index (χ4v) is 4.04. The van der Waals surface area contributed by atoms with Crippen molar-refractivity contribution < 1.29 is 4.79 Å². The Labute approximate surface area is 185 Å². The largest absolute Gasteiger partial charge is 0.346 e. The molecule has 0 saturated carbocycles. The van der Waals surface area contributed by atoms with Crippen LogP contribution in [0.25, 0.3) is 0 Å². The Morgan fingerprint density at radius 2 is 1.50 bits per heavy atom. The van der Waals surface area contributed by atoms with E-state index in [-0.39, 0.29) is 17.4 Å². The van der Waals surface area contributed by atoms with Gasteiger partial charge in [0.2, 0.25) is 0 Å². The maximum atomic E-state index is 12.7. The van der Waals surface area contributed by atoms with E-state index in [1.807, 2.05) is 31.2 Å². The number of nitrogens with one attached hydrogen (secondary N) is 1. The molecule has 0 heterocycles. The predicted octanol–water partition coefficient (Wildman–Crippen LogP) is 7.08. The quantitative estimate of drug-likeness (QED) is 0.434. The van der Waals surface area contributed by atoms with E-state index in [0.717, 1.165) is 11.3 Å². The topological polar surface area (TPSA) is 29.1 Å². The molecule has 0 aliphatic heterocycles. The van der Waals surface area contributed by atoms with Crippen LogP contribution in [-0.4, -0.2) is 5.91 Å². The van der Waals surface area contributed by atoms with Crippen LogP contribution < -0.4 is 5.32 Å². The van der Waals surface area contributed by atoms with Gasteiger partial charge >= 0.3 is 0 Å². The third-order valence-corrected chi connectivity index (χ3v) is 6.35. The van der Waals surface area contributed by atoms with E-state index >= 15 is 0 Å². The van der Waals surface area contributed by atoms with Gasteiger partial charge in [0.15, 0.2) is 0 Å². The summed E-state index contributed by atoms with van der Waals surface area (Å²) in [5.41, 5.74) is 5.71. The molecule has 2 nitrogen and oxygen atoms in total. The highest BCUT2D eigenvalue weighted by molar-refractivity contribution is 7.98. The molecule has 1 atom stereocenters. The summed E-state index contributed by atoms with van der Waals surface area (Å²) < 4.78 is 0. The molecule has 0 radical (unpaired) electrons. The first kappa shape index (κ1) is 22.2. The second-order valence-corrected chi connectivity index (χ2v) is 9.91. The van der Waals surface area contributed by atoms with Crippen molar-refractivity contribution in [3.8, 4) is 0 Å². The van der Waals surface area contributed by atoms with Crippen LogP contribution in [0.1, 0.15) is 66.3 Å². The van der Waals surface area contributed by atoms with Crippen LogP contribution in [-0.2, 0) is 11.2 Å². The second-order valence-electron chi connectivity index (χ2n) is 8.87. The van der Waals surface area contributed by atoms with Gasteiger partial charge in [-0.15, -0.1) is 11.8 Å². The van der Waals surface area contributed by atoms with Gasteiger partial charge in [0.25, 0.3) is 5.91 Å². The maximum Gasteiger partial charge on any atom is 0.251 e. The zero-order valence-electron chi connectivity index (χ0n) is 18.5. The zero-order chi connectivity index (χ0) is 21.7. The minimum Gasteiger partial charge on any atom is -0.346 e. The number of benzene rings is 3. The molecule has 0 unspecified atom stereocenters. The Morgan fingerprint density at radius 1 is 0.900 bits per heavy atom. The molecule has 156 valence electrons. The summed E-state index contributed by atoms with van der Waals surface area (Å²) in [7, 11) is 0. The first-order chi connectivity index (χ1) is 14.2. The Hall–Kier alpha value is -2.52. The third-order valence-electron chi connectivity index (χ3n) is 5.27. The summed E-state index contributed by atoms with van der Waals surface area (Å²) in [5, 5.41) is 3.11. The molecule has 0 bridgehead atoms. The Morgan fingerprint density at radius 3 is 2.07 bits per heavy atom. The van der Waals surface area contributed by atoms with E-state index in [1.165, 1.54) is 21.6 Å². The Bertz CT molecular complexity index is 967. The first-order valence-electron chi connectivity index (χ1n) is 10.4. The molecule has 30 heavy (non-hydrogen) atoms. The number of rotatable bonds is 6. The van der Waals surface area contributed by atoms with Crippen molar-refractivity contribution in [2.75, 3.05) is 0 Å². The number of thioether (sulfide) groups is 1. The van der Waals surface area contributed by atoms with Crippen LogP contribution >= 0.6 is 11.8 Å². The fourth-order valence-electron chi connectivity index (χ4n) is 3.19. The van der Waals surface area contributed by atoms with Crippen molar-refractivity contribution in [3.63, 3.8) is 0 Å². The molecular weight excluding hydrogens is 386 g/mol. The Balaban J connectivity index is 1.56. The molecule has 3 heteroatoms.